The van der Waals surface area contributed by atoms with Crippen molar-refractivity contribution in [1.29, 1.82) is 0 Å². The van der Waals surface area contributed by atoms with Gasteiger partial charge in [0.1, 0.15) is 18.3 Å². The molecule has 0 amide bonds. The number of fused-ring (bicyclic) bond motifs is 1. The molecule has 3 aliphatic rings. The molecule has 0 bridgehead atoms. The average molecular weight is 584 g/mol. The molecule has 1 aliphatic heterocycles. The fourth-order valence-corrected chi connectivity index (χ4v) is 7.06. The molecule has 0 saturated heterocycles. The molecule has 1 fully saturated rings. The number of hydrogen-bond donors (Lipinski definition) is 1. The fraction of sp³-hybridized carbons (Fsp3) is 0.594. The van der Waals surface area contributed by atoms with E-state index in [0.29, 0.717) is 18.4 Å². The Balaban J connectivity index is 1.91. The van der Waals surface area contributed by atoms with E-state index in [-0.39, 0.29) is 18.6 Å². The zero-order valence-electron chi connectivity index (χ0n) is 25.3. The van der Waals surface area contributed by atoms with Gasteiger partial charge in [-0.25, -0.2) is 9.59 Å². The van der Waals surface area contributed by atoms with Gasteiger partial charge in [0.2, 0.25) is 0 Å². The van der Waals surface area contributed by atoms with Crippen LogP contribution in [0.15, 0.2) is 47.8 Å². The van der Waals surface area contributed by atoms with Crippen LogP contribution in [0.25, 0.3) is 0 Å². The first-order valence-corrected chi connectivity index (χ1v) is 14.4. The second kappa shape index (κ2) is 11.6. The van der Waals surface area contributed by atoms with E-state index in [1.165, 1.54) is 19.2 Å². The molecule has 1 aromatic rings. The van der Waals surface area contributed by atoms with Crippen LogP contribution in [0.2, 0.25) is 0 Å². The molecule has 10 nitrogen and oxygen atoms in total. The molecule has 7 unspecified atom stereocenters. The van der Waals surface area contributed by atoms with Gasteiger partial charge in [-0.15, -0.1) is 0 Å². The summed E-state index contributed by atoms with van der Waals surface area (Å²) in [5.41, 5.74) is -2.32. The summed E-state index contributed by atoms with van der Waals surface area (Å²) < 4.78 is 23.4. The summed E-state index contributed by atoms with van der Waals surface area (Å²) in [6.07, 6.45) is 4.37. The minimum atomic E-state index is -1.87. The van der Waals surface area contributed by atoms with E-state index in [0.717, 1.165) is 5.57 Å². The van der Waals surface area contributed by atoms with Crippen molar-refractivity contribution in [2.75, 3.05) is 6.61 Å². The van der Waals surface area contributed by atoms with Crippen molar-refractivity contribution in [1.82, 2.24) is 4.98 Å². The first-order valence-electron chi connectivity index (χ1n) is 14.4. The lowest BCUT2D eigenvalue weighted by atomic mass is 9.42. The molecule has 1 aromatic heterocycles. The molecular weight excluding hydrogens is 542 g/mol. The quantitative estimate of drug-likeness (QED) is 0.270. The maximum atomic E-state index is 13.5. The van der Waals surface area contributed by atoms with Crippen molar-refractivity contribution >= 4 is 23.9 Å². The van der Waals surface area contributed by atoms with Crippen LogP contribution in [0.3, 0.4) is 0 Å². The van der Waals surface area contributed by atoms with Crippen molar-refractivity contribution in [3.63, 3.8) is 0 Å². The Bertz CT molecular complexity index is 1300. The first kappa shape index (κ1) is 31.4. The van der Waals surface area contributed by atoms with Gasteiger partial charge >= 0.3 is 23.9 Å². The number of esters is 4. The highest BCUT2D eigenvalue weighted by Crippen LogP contribution is 2.65. The van der Waals surface area contributed by atoms with Crippen LogP contribution in [0, 0.1) is 22.7 Å². The van der Waals surface area contributed by atoms with Crippen LogP contribution in [0.5, 0.6) is 0 Å². The average Bonchev–Trinajstić information content (AvgIpc) is 3.34. The maximum absolute atomic E-state index is 13.5. The molecule has 10 heteroatoms. The molecular formula is C32H41NO9. The van der Waals surface area contributed by atoms with Crippen molar-refractivity contribution < 1.29 is 43.2 Å². The number of aliphatic hydroxyl groups is 1. The summed E-state index contributed by atoms with van der Waals surface area (Å²) >= 11 is 0. The van der Waals surface area contributed by atoms with E-state index in [4.69, 9.17) is 18.9 Å². The third-order valence-electron chi connectivity index (χ3n) is 9.71. The molecule has 0 radical (unpaired) electrons. The number of cyclic esters (lactones) is 1. The lowest BCUT2D eigenvalue weighted by Gasteiger charge is -2.66. The normalized spacial score (nSPS) is 33.1. The SMILES string of the molecule is CC(=O)OC(CC1=CC(=O)OC1)C1(C)C2CCC=C(C)C2(C)C(OC(=O)c2cccnc2)C(OC(=O)C(C)C)C1(C)O. The van der Waals surface area contributed by atoms with Crippen LogP contribution in [0.4, 0.5) is 0 Å². The van der Waals surface area contributed by atoms with Crippen molar-refractivity contribution in [3.05, 3.63) is 53.4 Å². The molecule has 0 spiro atoms. The second-order valence-electron chi connectivity index (χ2n) is 12.5. The minimum Gasteiger partial charge on any atom is -0.462 e. The highest BCUT2D eigenvalue weighted by atomic mass is 16.6. The van der Waals surface area contributed by atoms with Crippen LogP contribution in [-0.2, 0) is 33.3 Å². The summed E-state index contributed by atoms with van der Waals surface area (Å²) in [6, 6.07) is 3.20. The Kier molecular flexibility index (Phi) is 8.69. The summed E-state index contributed by atoms with van der Waals surface area (Å²) in [4.78, 5) is 55.1. The summed E-state index contributed by atoms with van der Waals surface area (Å²) in [5.74, 6) is -3.24. The number of carbonyl (C=O) groups excluding carboxylic acids is 4. The molecule has 7 atom stereocenters. The maximum Gasteiger partial charge on any atom is 0.340 e. The van der Waals surface area contributed by atoms with Crippen LogP contribution < -0.4 is 0 Å². The Hall–Kier alpha value is -3.53. The van der Waals surface area contributed by atoms with Gasteiger partial charge in [-0.3, -0.25) is 14.6 Å². The van der Waals surface area contributed by atoms with Gasteiger partial charge in [0, 0.05) is 42.6 Å². The van der Waals surface area contributed by atoms with E-state index < -0.39 is 70.5 Å². The molecule has 4 rings (SSSR count). The number of rotatable bonds is 8. The zero-order valence-corrected chi connectivity index (χ0v) is 25.3. The Morgan fingerprint density at radius 1 is 1.17 bits per heavy atom. The minimum absolute atomic E-state index is 0.0484. The summed E-state index contributed by atoms with van der Waals surface area (Å²) in [7, 11) is 0. The highest BCUT2D eigenvalue weighted by molar-refractivity contribution is 5.89. The predicted molar refractivity (Wildman–Crippen MR) is 151 cm³/mol. The number of allylic oxidation sites excluding steroid dienone is 1. The third kappa shape index (κ3) is 5.37. The number of carbonyl (C=O) groups is 4. The van der Waals surface area contributed by atoms with Crippen molar-refractivity contribution in [3.8, 4) is 0 Å². The van der Waals surface area contributed by atoms with Crippen LogP contribution in [-0.4, -0.2) is 64.5 Å². The number of aromatic nitrogens is 1. The van der Waals surface area contributed by atoms with Gasteiger partial charge < -0.3 is 24.1 Å². The van der Waals surface area contributed by atoms with Gasteiger partial charge in [0.05, 0.1) is 11.5 Å². The Morgan fingerprint density at radius 2 is 1.88 bits per heavy atom. The van der Waals surface area contributed by atoms with E-state index in [1.807, 2.05) is 20.8 Å². The van der Waals surface area contributed by atoms with Gasteiger partial charge in [0.25, 0.3) is 0 Å². The number of pyridine rings is 1. The Morgan fingerprint density at radius 3 is 2.45 bits per heavy atom. The predicted octanol–water partition coefficient (Wildman–Crippen LogP) is 4.11. The van der Waals surface area contributed by atoms with Gasteiger partial charge in [-0.05, 0) is 50.3 Å². The topological polar surface area (TPSA) is 138 Å². The van der Waals surface area contributed by atoms with Gasteiger partial charge in [-0.2, -0.15) is 0 Å². The standard InChI is InChI=1S/C32H41NO9/c1-18(2)28(36)42-27-26(41-29(37)22-11-9-13-33-16-22)30(5)19(3)10-8-12-23(30)31(6,32(27,7)38)24(40-20(4)34)14-21-15-25(35)39-17-21/h9-11,13,15-16,18,23-24,26-27,38H,8,12,14,17H2,1-7H3. The fourth-order valence-electron chi connectivity index (χ4n) is 7.06. The third-order valence-corrected chi connectivity index (χ3v) is 9.71. The van der Waals surface area contributed by atoms with E-state index >= 15 is 0 Å². The van der Waals surface area contributed by atoms with Gasteiger partial charge in [0.15, 0.2) is 12.2 Å². The van der Waals surface area contributed by atoms with Crippen LogP contribution >= 0.6 is 0 Å². The molecule has 2 aliphatic carbocycles. The lowest BCUT2D eigenvalue weighted by Crippen LogP contribution is -2.76. The van der Waals surface area contributed by atoms with E-state index in [1.54, 1.807) is 39.1 Å². The first-order chi connectivity index (χ1) is 19.6. The number of nitrogens with zero attached hydrogens (tertiary/aromatic N) is 1. The Labute approximate surface area is 246 Å². The number of ether oxygens (including phenoxy) is 4. The molecule has 2 heterocycles. The zero-order chi connectivity index (χ0) is 31.0. The molecule has 1 N–H and O–H groups in total. The van der Waals surface area contributed by atoms with E-state index in [9.17, 15) is 24.3 Å². The molecule has 0 aromatic carbocycles. The van der Waals surface area contributed by atoms with E-state index in [2.05, 4.69) is 11.1 Å². The smallest absolute Gasteiger partial charge is 0.340 e. The highest BCUT2D eigenvalue weighted by Gasteiger charge is 2.73. The second-order valence-corrected chi connectivity index (χ2v) is 12.5. The van der Waals surface area contributed by atoms with Crippen molar-refractivity contribution in [2.45, 2.75) is 91.6 Å². The summed E-state index contributed by atoms with van der Waals surface area (Å²) in [6.45, 7) is 12.0. The molecule has 228 valence electrons. The lowest BCUT2D eigenvalue weighted by molar-refractivity contribution is -0.295. The molecule has 42 heavy (non-hydrogen) atoms. The monoisotopic (exact) mass is 583 g/mol. The van der Waals surface area contributed by atoms with Gasteiger partial charge in [-0.1, -0.05) is 39.3 Å². The van der Waals surface area contributed by atoms with Crippen molar-refractivity contribution in [2.24, 2.45) is 22.7 Å². The summed E-state index contributed by atoms with van der Waals surface area (Å²) in [5, 5.41) is 12.7. The largest absolute Gasteiger partial charge is 0.462 e. The number of hydrogen-bond acceptors (Lipinski definition) is 10. The van der Waals surface area contributed by atoms with Crippen LogP contribution in [0.1, 0.15) is 78.1 Å². The molecule has 1 saturated carbocycles.